The maximum Gasteiger partial charge on any atom is 0.275 e. The molecule has 2 atom stereocenters. The maximum atomic E-state index is 13.8. The molecule has 30 heavy (non-hydrogen) atoms. The molecule has 0 radical (unpaired) electrons. The Labute approximate surface area is 172 Å². The van der Waals surface area contributed by atoms with Crippen LogP contribution in [-0.4, -0.2) is 49.3 Å². The molecule has 0 aliphatic carbocycles. The van der Waals surface area contributed by atoms with Gasteiger partial charge < -0.3 is 14.6 Å². The molecule has 3 aromatic rings. The maximum absolute atomic E-state index is 13.8. The summed E-state index contributed by atoms with van der Waals surface area (Å²) in [6.45, 7) is 6.23. The number of hydrogen-bond acceptors (Lipinski definition) is 5. The van der Waals surface area contributed by atoms with Crippen LogP contribution < -0.4 is 10.1 Å². The highest BCUT2D eigenvalue weighted by Gasteiger charge is 2.38. The number of rotatable bonds is 5. The number of hydrogen-bond donors (Lipinski definition) is 1. The molecule has 3 aromatic heterocycles. The van der Waals surface area contributed by atoms with E-state index in [9.17, 15) is 13.6 Å². The van der Waals surface area contributed by atoms with E-state index in [0.29, 0.717) is 16.7 Å². The number of carbonyl (C=O) groups is 1. The van der Waals surface area contributed by atoms with E-state index in [-0.39, 0.29) is 30.3 Å². The number of nitrogens with zero attached hydrogens (tertiary/aromatic N) is 5. The normalized spacial score (nSPS) is 18.2. The fourth-order valence-electron chi connectivity index (χ4n) is 3.53. The van der Waals surface area contributed by atoms with Crippen molar-refractivity contribution in [2.75, 3.05) is 6.54 Å². The number of imidazole rings is 1. The molecular formula is C20H24F2N6O2. The Morgan fingerprint density at radius 1 is 1.33 bits per heavy atom. The first kappa shape index (κ1) is 20.2. The van der Waals surface area contributed by atoms with Crippen molar-refractivity contribution in [3.8, 4) is 17.1 Å². The molecule has 1 N–H and O–H groups in total. The fraction of sp³-hybridized carbons (Fsp3) is 0.500. The second kappa shape index (κ2) is 7.33. The summed E-state index contributed by atoms with van der Waals surface area (Å²) >= 11 is 0. The number of alkyl halides is 2. The zero-order valence-electron chi connectivity index (χ0n) is 17.3. The van der Waals surface area contributed by atoms with Gasteiger partial charge in [0.05, 0.1) is 29.3 Å². The van der Waals surface area contributed by atoms with E-state index in [4.69, 9.17) is 4.74 Å². The lowest BCUT2D eigenvalue weighted by atomic mass is 10.0. The molecule has 1 aliphatic rings. The Bertz CT molecular complexity index is 1080. The van der Waals surface area contributed by atoms with Crippen LogP contribution >= 0.6 is 0 Å². The first-order valence-electron chi connectivity index (χ1n) is 9.72. The largest absolute Gasteiger partial charge is 0.466 e. The Balaban J connectivity index is 1.75. The second-order valence-corrected chi connectivity index (χ2v) is 8.57. The van der Waals surface area contributed by atoms with Crippen molar-refractivity contribution < 1.29 is 18.3 Å². The molecule has 1 aliphatic heterocycles. The average molecular weight is 418 g/mol. The minimum absolute atomic E-state index is 0.00157. The van der Waals surface area contributed by atoms with Crippen molar-refractivity contribution in [3.05, 3.63) is 24.8 Å². The van der Waals surface area contributed by atoms with Crippen molar-refractivity contribution in [2.45, 2.75) is 45.3 Å². The molecule has 10 heteroatoms. The van der Waals surface area contributed by atoms with E-state index in [1.807, 2.05) is 31.6 Å². The predicted octanol–water partition coefficient (Wildman–Crippen LogP) is 2.74. The number of ether oxygens (including phenoxy) is 1. The molecule has 4 heterocycles. The summed E-state index contributed by atoms with van der Waals surface area (Å²) in [5.74, 6) is -0.818. The van der Waals surface area contributed by atoms with Gasteiger partial charge in [-0.3, -0.25) is 9.48 Å². The fourth-order valence-corrected chi connectivity index (χ4v) is 3.53. The summed E-state index contributed by atoms with van der Waals surface area (Å²) in [6.07, 6.45) is 0.893. The third kappa shape index (κ3) is 3.73. The van der Waals surface area contributed by atoms with Gasteiger partial charge >= 0.3 is 0 Å². The third-order valence-electron chi connectivity index (χ3n) is 5.20. The number of carbonyl (C=O) groups excluding carboxylic acids is 1. The minimum Gasteiger partial charge on any atom is -0.466 e. The van der Waals surface area contributed by atoms with Gasteiger partial charge in [0.15, 0.2) is 6.10 Å². The quantitative estimate of drug-likeness (QED) is 0.689. The van der Waals surface area contributed by atoms with Crippen LogP contribution in [0.4, 0.5) is 8.78 Å². The number of aryl methyl sites for hydroxylation is 1. The van der Waals surface area contributed by atoms with E-state index in [1.165, 1.54) is 0 Å². The van der Waals surface area contributed by atoms with Gasteiger partial charge in [0.25, 0.3) is 6.43 Å². The van der Waals surface area contributed by atoms with Gasteiger partial charge in [-0.15, -0.1) is 0 Å². The molecule has 0 spiro atoms. The second-order valence-electron chi connectivity index (χ2n) is 8.57. The van der Waals surface area contributed by atoms with Crippen LogP contribution in [-0.2, 0) is 17.4 Å². The van der Waals surface area contributed by atoms with E-state index in [2.05, 4.69) is 20.4 Å². The molecule has 1 fully saturated rings. The lowest BCUT2D eigenvalue weighted by molar-refractivity contribution is -0.119. The van der Waals surface area contributed by atoms with E-state index < -0.39 is 18.4 Å². The third-order valence-corrected chi connectivity index (χ3v) is 5.20. The van der Waals surface area contributed by atoms with Crippen LogP contribution in [0.1, 0.15) is 27.2 Å². The Kier molecular flexibility index (Phi) is 4.95. The van der Waals surface area contributed by atoms with Gasteiger partial charge in [-0.05, 0) is 26.8 Å². The molecule has 8 nitrogen and oxygen atoms in total. The van der Waals surface area contributed by atoms with Crippen LogP contribution in [0.2, 0.25) is 0 Å². The molecular weight excluding hydrogens is 394 g/mol. The van der Waals surface area contributed by atoms with Crippen molar-refractivity contribution in [1.29, 1.82) is 0 Å². The molecule has 0 bridgehead atoms. The standard InChI is InChI=1S/C20H24F2N6O2/c1-20(2,3)28-9-12(8-25-28)13-6-14-16(27(4)10-24-14)19(26-13)30-17(18(21)22)11-5-15(29)23-7-11/h6,8-11,17-18H,5,7H2,1-4H3,(H,23,29). The van der Waals surface area contributed by atoms with Crippen molar-refractivity contribution in [3.63, 3.8) is 0 Å². The summed E-state index contributed by atoms with van der Waals surface area (Å²) in [7, 11) is 1.75. The zero-order chi connectivity index (χ0) is 21.6. The highest BCUT2D eigenvalue weighted by Crippen LogP contribution is 2.32. The summed E-state index contributed by atoms with van der Waals surface area (Å²) < 4.78 is 36.9. The van der Waals surface area contributed by atoms with Crippen LogP contribution in [0, 0.1) is 5.92 Å². The van der Waals surface area contributed by atoms with Gasteiger partial charge in [-0.1, -0.05) is 0 Å². The summed E-state index contributed by atoms with van der Waals surface area (Å²) in [5, 5.41) is 6.97. The lowest BCUT2D eigenvalue weighted by Crippen LogP contribution is -2.35. The number of pyridine rings is 1. The predicted molar refractivity (Wildman–Crippen MR) is 106 cm³/mol. The molecule has 4 rings (SSSR count). The van der Waals surface area contributed by atoms with Gasteiger partial charge in [0.1, 0.15) is 5.52 Å². The topological polar surface area (TPSA) is 86.9 Å². The number of fused-ring (bicyclic) bond motifs is 1. The van der Waals surface area contributed by atoms with Gasteiger partial charge in [0, 0.05) is 37.7 Å². The smallest absolute Gasteiger partial charge is 0.275 e. The highest BCUT2D eigenvalue weighted by molar-refractivity contribution is 5.84. The molecule has 2 unspecified atom stereocenters. The van der Waals surface area contributed by atoms with Crippen LogP contribution in [0.25, 0.3) is 22.3 Å². The zero-order valence-corrected chi connectivity index (χ0v) is 17.3. The first-order chi connectivity index (χ1) is 14.1. The Morgan fingerprint density at radius 3 is 2.70 bits per heavy atom. The number of halogens is 2. The van der Waals surface area contributed by atoms with E-state index in [0.717, 1.165) is 5.56 Å². The van der Waals surface area contributed by atoms with Crippen LogP contribution in [0.5, 0.6) is 5.88 Å². The molecule has 160 valence electrons. The van der Waals surface area contributed by atoms with Crippen molar-refractivity contribution >= 4 is 16.9 Å². The van der Waals surface area contributed by atoms with Crippen LogP contribution in [0.3, 0.4) is 0 Å². The molecule has 0 aromatic carbocycles. The SMILES string of the molecule is Cn1cnc2cc(-c3cnn(C(C)(C)C)c3)nc(OC(C(F)F)C3CNC(=O)C3)c21. The summed E-state index contributed by atoms with van der Waals surface area (Å²) in [5.41, 5.74) is 2.14. The van der Waals surface area contributed by atoms with Crippen molar-refractivity contribution in [1.82, 2.24) is 29.6 Å². The van der Waals surface area contributed by atoms with Crippen LogP contribution in [0.15, 0.2) is 24.8 Å². The summed E-state index contributed by atoms with van der Waals surface area (Å²) in [6, 6.07) is 1.78. The van der Waals surface area contributed by atoms with Gasteiger partial charge in [0.2, 0.25) is 11.8 Å². The molecule has 1 amide bonds. The minimum atomic E-state index is -2.76. The highest BCUT2D eigenvalue weighted by atomic mass is 19.3. The van der Waals surface area contributed by atoms with Gasteiger partial charge in [-0.25, -0.2) is 18.7 Å². The number of aromatic nitrogens is 5. The first-order valence-corrected chi connectivity index (χ1v) is 9.72. The number of nitrogens with one attached hydrogen (secondary N) is 1. The molecule has 1 saturated heterocycles. The Hall–Kier alpha value is -3.04. The van der Waals surface area contributed by atoms with E-state index in [1.54, 1.807) is 30.2 Å². The molecule has 0 saturated carbocycles. The van der Waals surface area contributed by atoms with E-state index >= 15 is 0 Å². The monoisotopic (exact) mass is 418 g/mol. The average Bonchev–Trinajstić information content (AvgIpc) is 3.39. The summed E-state index contributed by atoms with van der Waals surface area (Å²) in [4.78, 5) is 20.4. The lowest BCUT2D eigenvalue weighted by Gasteiger charge is -2.23. The van der Waals surface area contributed by atoms with Gasteiger partial charge in [-0.2, -0.15) is 5.10 Å². The Morgan fingerprint density at radius 2 is 2.10 bits per heavy atom. The van der Waals surface area contributed by atoms with Crippen molar-refractivity contribution in [2.24, 2.45) is 13.0 Å². The number of amides is 1.